The highest BCUT2D eigenvalue weighted by molar-refractivity contribution is 7.99. The van der Waals surface area contributed by atoms with Gasteiger partial charge in [0.25, 0.3) is 0 Å². The van der Waals surface area contributed by atoms with Gasteiger partial charge in [-0.25, -0.2) is 13.5 Å². The molecule has 0 aliphatic carbocycles. The fraction of sp³-hybridized carbons (Fsp3) is 0.273. The van der Waals surface area contributed by atoms with Gasteiger partial charge < -0.3 is 5.32 Å². The number of aromatic nitrogens is 4. The Morgan fingerprint density at radius 2 is 2.25 bits per heavy atom. The zero-order valence-corrected chi connectivity index (χ0v) is 11.3. The maximum atomic E-state index is 13.3. The molecule has 2 rings (SSSR count). The fourth-order valence-electron chi connectivity index (χ4n) is 1.41. The minimum absolute atomic E-state index is 0.00364. The third-order valence-electron chi connectivity index (χ3n) is 2.33. The molecule has 1 heterocycles. The summed E-state index contributed by atoms with van der Waals surface area (Å²) in [6.07, 6.45) is 0. The minimum Gasteiger partial charge on any atom is -0.323 e. The Bertz CT molecular complexity index is 619. The number of carbonyl (C=O) groups is 1. The number of carbonyl (C=O) groups excluding carboxylic acids is 1. The summed E-state index contributed by atoms with van der Waals surface area (Å²) < 4.78 is 27.8. The van der Waals surface area contributed by atoms with Crippen LogP contribution in [0, 0.1) is 11.6 Å². The Kier molecular flexibility index (Phi) is 4.61. The number of nitrogens with one attached hydrogen (secondary N) is 1. The van der Waals surface area contributed by atoms with Gasteiger partial charge in [-0.05, 0) is 29.5 Å². The van der Waals surface area contributed by atoms with E-state index in [9.17, 15) is 13.6 Å². The summed E-state index contributed by atoms with van der Waals surface area (Å²) in [7, 11) is 0. The normalized spacial score (nSPS) is 10.6. The van der Waals surface area contributed by atoms with E-state index < -0.39 is 17.5 Å². The average Bonchev–Trinajstić information content (AvgIpc) is 2.88. The molecule has 0 spiro atoms. The molecule has 1 N–H and O–H groups in total. The van der Waals surface area contributed by atoms with Crippen LogP contribution in [0.3, 0.4) is 0 Å². The first kappa shape index (κ1) is 14.4. The minimum atomic E-state index is -0.692. The lowest BCUT2D eigenvalue weighted by atomic mass is 10.3. The molecule has 6 nitrogen and oxygen atoms in total. The third kappa shape index (κ3) is 3.50. The van der Waals surface area contributed by atoms with E-state index in [0.717, 1.165) is 30.0 Å². The lowest BCUT2D eigenvalue weighted by molar-refractivity contribution is -0.113. The van der Waals surface area contributed by atoms with E-state index in [1.807, 2.05) is 6.92 Å². The van der Waals surface area contributed by atoms with Crippen LogP contribution in [0.5, 0.6) is 0 Å². The van der Waals surface area contributed by atoms with E-state index >= 15 is 0 Å². The van der Waals surface area contributed by atoms with E-state index in [-0.39, 0.29) is 11.4 Å². The van der Waals surface area contributed by atoms with Crippen LogP contribution >= 0.6 is 11.8 Å². The fourth-order valence-corrected chi connectivity index (χ4v) is 2.15. The maximum Gasteiger partial charge on any atom is 0.234 e. The molecule has 0 fully saturated rings. The van der Waals surface area contributed by atoms with Gasteiger partial charge in [-0.1, -0.05) is 11.8 Å². The van der Waals surface area contributed by atoms with Crippen LogP contribution in [0.2, 0.25) is 0 Å². The predicted octanol–water partition coefficient (Wildman–Crippen LogP) is 1.70. The molecule has 9 heteroatoms. The first-order chi connectivity index (χ1) is 9.60. The zero-order valence-electron chi connectivity index (χ0n) is 10.5. The number of hydrogen-bond acceptors (Lipinski definition) is 5. The van der Waals surface area contributed by atoms with Crippen molar-refractivity contribution in [2.45, 2.75) is 18.6 Å². The number of nitrogens with zero attached hydrogens (tertiary/aromatic N) is 4. The smallest absolute Gasteiger partial charge is 0.234 e. The summed E-state index contributed by atoms with van der Waals surface area (Å²) in [5.74, 6) is -1.78. The van der Waals surface area contributed by atoms with E-state index in [2.05, 4.69) is 20.8 Å². The maximum absolute atomic E-state index is 13.3. The molecule has 0 atom stereocenters. The Balaban J connectivity index is 1.94. The van der Waals surface area contributed by atoms with Crippen molar-refractivity contribution in [1.82, 2.24) is 20.2 Å². The number of anilines is 1. The molecule has 20 heavy (non-hydrogen) atoms. The van der Waals surface area contributed by atoms with Crippen molar-refractivity contribution in [2.75, 3.05) is 11.1 Å². The first-order valence-corrected chi connectivity index (χ1v) is 6.72. The van der Waals surface area contributed by atoms with Crippen molar-refractivity contribution in [3.8, 4) is 0 Å². The van der Waals surface area contributed by atoms with Crippen molar-refractivity contribution in [1.29, 1.82) is 0 Å². The van der Waals surface area contributed by atoms with E-state index in [4.69, 9.17) is 0 Å². The molecule has 0 saturated carbocycles. The van der Waals surface area contributed by atoms with Crippen LogP contribution in [0.25, 0.3) is 0 Å². The summed E-state index contributed by atoms with van der Waals surface area (Å²) in [5.41, 5.74) is -0.189. The molecular formula is C11H11F2N5OS. The van der Waals surface area contributed by atoms with Crippen molar-refractivity contribution >= 4 is 23.4 Å². The molecule has 106 valence electrons. The summed E-state index contributed by atoms with van der Waals surface area (Å²) in [6, 6.07) is 2.86. The Morgan fingerprint density at radius 1 is 1.45 bits per heavy atom. The number of hydrogen-bond donors (Lipinski definition) is 1. The van der Waals surface area contributed by atoms with Gasteiger partial charge in [0.2, 0.25) is 11.1 Å². The van der Waals surface area contributed by atoms with Crippen LogP contribution in [-0.4, -0.2) is 31.9 Å². The largest absolute Gasteiger partial charge is 0.323 e. The molecule has 0 saturated heterocycles. The van der Waals surface area contributed by atoms with Crippen LogP contribution in [-0.2, 0) is 11.3 Å². The summed E-state index contributed by atoms with van der Waals surface area (Å²) in [6.45, 7) is 2.44. The molecule has 0 unspecified atom stereocenters. The summed E-state index contributed by atoms with van der Waals surface area (Å²) in [4.78, 5) is 11.7. The molecule has 0 radical (unpaired) electrons. The van der Waals surface area contributed by atoms with E-state index in [0.29, 0.717) is 11.7 Å². The molecule has 0 bridgehead atoms. The van der Waals surface area contributed by atoms with E-state index in [1.54, 1.807) is 0 Å². The second kappa shape index (κ2) is 6.42. The topological polar surface area (TPSA) is 72.7 Å². The Morgan fingerprint density at radius 3 is 3.00 bits per heavy atom. The molecular weight excluding hydrogens is 288 g/mol. The van der Waals surface area contributed by atoms with Crippen molar-refractivity contribution in [3.63, 3.8) is 0 Å². The van der Waals surface area contributed by atoms with Gasteiger partial charge in [0.15, 0.2) is 0 Å². The average molecular weight is 299 g/mol. The van der Waals surface area contributed by atoms with Gasteiger partial charge in [-0.15, -0.1) is 5.10 Å². The van der Waals surface area contributed by atoms with Gasteiger partial charge >= 0.3 is 0 Å². The SMILES string of the molecule is CCn1nnnc1SCC(=O)Nc1cc(F)ccc1F. The van der Waals surface area contributed by atoms with Crippen molar-refractivity contribution in [3.05, 3.63) is 29.8 Å². The quantitative estimate of drug-likeness (QED) is 0.851. The number of tetrazole rings is 1. The second-order valence-corrected chi connectivity index (χ2v) is 4.68. The molecule has 1 amide bonds. The van der Waals surface area contributed by atoms with Crippen LogP contribution < -0.4 is 5.32 Å². The van der Waals surface area contributed by atoms with Crippen LogP contribution in [0.1, 0.15) is 6.92 Å². The van der Waals surface area contributed by atoms with Gasteiger partial charge in [-0.2, -0.15) is 0 Å². The van der Waals surface area contributed by atoms with Crippen molar-refractivity contribution in [2.24, 2.45) is 0 Å². The molecule has 1 aromatic heterocycles. The number of thioether (sulfide) groups is 1. The standard InChI is InChI=1S/C11H11F2N5OS/c1-2-18-11(15-16-17-18)20-6-10(19)14-9-5-7(12)3-4-8(9)13/h3-5H,2,6H2,1H3,(H,14,19). The van der Waals surface area contributed by atoms with Gasteiger partial charge in [-0.3, -0.25) is 4.79 Å². The predicted molar refractivity (Wildman–Crippen MR) is 69.2 cm³/mol. The monoisotopic (exact) mass is 299 g/mol. The summed E-state index contributed by atoms with van der Waals surface area (Å²) in [5, 5.41) is 13.7. The van der Waals surface area contributed by atoms with Gasteiger partial charge in [0, 0.05) is 12.6 Å². The molecule has 0 aliphatic rings. The van der Waals surface area contributed by atoms with Gasteiger partial charge in [0.05, 0.1) is 11.4 Å². The van der Waals surface area contributed by atoms with Crippen LogP contribution in [0.4, 0.5) is 14.5 Å². The first-order valence-electron chi connectivity index (χ1n) is 5.74. The number of benzene rings is 1. The second-order valence-electron chi connectivity index (χ2n) is 3.74. The summed E-state index contributed by atoms with van der Waals surface area (Å²) >= 11 is 1.11. The lowest BCUT2D eigenvalue weighted by Gasteiger charge is -2.06. The lowest BCUT2D eigenvalue weighted by Crippen LogP contribution is -2.15. The number of aryl methyl sites for hydroxylation is 1. The molecule has 0 aliphatic heterocycles. The highest BCUT2D eigenvalue weighted by atomic mass is 32.2. The number of rotatable bonds is 5. The van der Waals surface area contributed by atoms with Gasteiger partial charge in [0.1, 0.15) is 11.6 Å². The Hall–Kier alpha value is -2.03. The number of halogens is 2. The zero-order chi connectivity index (χ0) is 14.5. The molecule has 1 aromatic carbocycles. The van der Waals surface area contributed by atoms with Crippen LogP contribution in [0.15, 0.2) is 23.4 Å². The number of amides is 1. The Labute approximate surface area is 117 Å². The highest BCUT2D eigenvalue weighted by Gasteiger charge is 2.11. The highest BCUT2D eigenvalue weighted by Crippen LogP contribution is 2.17. The molecule has 2 aromatic rings. The van der Waals surface area contributed by atoms with Crippen molar-refractivity contribution < 1.29 is 13.6 Å². The van der Waals surface area contributed by atoms with E-state index in [1.165, 1.54) is 4.68 Å². The third-order valence-corrected chi connectivity index (χ3v) is 3.29.